The summed E-state index contributed by atoms with van der Waals surface area (Å²) in [4.78, 5) is 44.6. The van der Waals surface area contributed by atoms with Crippen LogP contribution in [0.4, 0.5) is 0 Å². The topological polar surface area (TPSA) is 144 Å². The van der Waals surface area contributed by atoms with Gasteiger partial charge in [-0.2, -0.15) is 0 Å². The number of carbonyl (C=O) groups is 4. The van der Waals surface area contributed by atoms with E-state index in [0.717, 1.165) is 0 Å². The average Bonchev–Trinajstić information content (AvgIpc) is 2.49. The summed E-state index contributed by atoms with van der Waals surface area (Å²) in [6, 6.07) is 7.03. The van der Waals surface area contributed by atoms with Gasteiger partial charge in [0.15, 0.2) is 5.92 Å². The van der Waals surface area contributed by atoms with Gasteiger partial charge in [-0.05, 0) is 12.0 Å². The third-order valence-corrected chi connectivity index (χ3v) is 2.84. The predicted molar refractivity (Wildman–Crippen MR) is 72.6 cm³/mol. The standard InChI is InChI=1S/C14H15NO7/c15-10(6-9(12(17)18)13(19)20)11(16)14(21)22-7-8-4-2-1-3-5-8/h1-5,9-10H,6-7,15H2,(H,17,18)(H,19,20)/t10-/m0/s1. The van der Waals surface area contributed by atoms with Crippen LogP contribution in [0.3, 0.4) is 0 Å². The zero-order valence-corrected chi connectivity index (χ0v) is 11.5. The fourth-order valence-corrected chi connectivity index (χ4v) is 1.61. The minimum atomic E-state index is -1.86. The molecule has 118 valence electrons. The number of benzene rings is 1. The molecule has 8 heteroatoms. The minimum absolute atomic E-state index is 0.139. The molecule has 0 heterocycles. The first kappa shape index (κ1) is 17.3. The van der Waals surface area contributed by atoms with E-state index < -0.39 is 42.1 Å². The lowest BCUT2D eigenvalue weighted by molar-refractivity contribution is -0.158. The highest BCUT2D eigenvalue weighted by Gasteiger charge is 2.33. The number of esters is 1. The first-order valence-electron chi connectivity index (χ1n) is 6.29. The van der Waals surface area contributed by atoms with Crippen molar-refractivity contribution in [1.29, 1.82) is 0 Å². The van der Waals surface area contributed by atoms with Crippen LogP contribution in [0.5, 0.6) is 0 Å². The highest BCUT2D eigenvalue weighted by atomic mass is 16.5. The molecule has 0 aromatic heterocycles. The van der Waals surface area contributed by atoms with Crippen LogP contribution in [0.2, 0.25) is 0 Å². The summed E-state index contributed by atoms with van der Waals surface area (Å²) in [5.41, 5.74) is 6.05. The number of aliphatic carboxylic acids is 2. The summed E-state index contributed by atoms with van der Waals surface area (Å²) >= 11 is 0. The summed E-state index contributed by atoms with van der Waals surface area (Å²) in [7, 11) is 0. The normalized spacial score (nSPS) is 11.7. The fraction of sp³-hybridized carbons (Fsp3) is 0.286. The van der Waals surface area contributed by atoms with Crippen LogP contribution < -0.4 is 5.73 Å². The third kappa shape index (κ3) is 4.98. The molecule has 0 spiro atoms. The van der Waals surface area contributed by atoms with Crippen LogP contribution in [0.15, 0.2) is 30.3 Å². The van der Waals surface area contributed by atoms with E-state index in [4.69, 9.17) is 20.7 Å². The molecule has 1 rings (SSSR count). The molecule has 4 N–H and O–H groups in total. The lowest BCUT2D eigenvalue weighted by atomic mass is 9.98. The second kappa shape index (κ2) is 7.89. The molecule has 0 aliphatic heterocycles. The van der Waals surface area contributed by atoms with E-state index in [1.165, 1.54) is 0 Å². The number of ketones is 1. The van der Waals surface area contributed by atoms with Gasteiger partial charge in [0.2, 0.25) is 0 Å². The van der Waals surface area contributed by atoms with Crippen molar-refractivity contribution < 1.29 is 34.1 Å². The van der Waals surface area contributed by atoms with Gasteiger partial charge in [-0.3, -0.25) is 14.4 Å². The monoisotopic (exact) mass is 309 g/mol. The number of Topliss-reactive ketones (excluding diaryl/α,β-unsaturated/α-hetero) is 1. The van der Waals surface area contributed by atoms with Crippen LogP contribution in [0, 0.1) is 5.92 Å². The van der Waals surface area contributed by atoms with Crippen LogP contribution in [0.25, 0.3) is 0 Å². The third-order valence-electron chi connectivity index (χ3n) is 2.84. The lowest BCUT2D eigenvalue weighted by Gasteiger charge is -2.13. The molecule has 0 radical (unpaired) electrons. The zero-order valence-electron chi connectivity index (χ0n) is 11.5. The van der Waals surface area contributed by atoms with E-state index in [9.17, 15) is 19.2 Å². The molecule has 22 heavy (non-hydrogen) atoms. The highest BCUT2D eigenvalue weighted by Crippen LogP contribution is 2.09. The maximum absolute atomic E-state index is 11.7. The van der Waals surface area contributed by atoms with Crippen LogP contribution in [0.1, 0.15) is 12.0 Å². The Bertz CT molecular complexity index is 556. The Morgan fingerprint density at radius 1 is 1.05 bits per heavy atom. The van der Waals surface area contributed by atoms with Gasteiger partial charge in [0.1, 0.15) is 6.61 Å². The van der Waals surface area contributed by atoms with Crippen molar-refractivity contribution in [3.05, 3.63) is 35.9 Å². The molecule has 0 aliphatic rings. The number of ether oxygens (including phenoxy) is 1. The van der Waals surface area contributed by atoms with Gasteiger partial charge in [0.25, 0.3) is 5.78 Å². The van der Waals surface area contributed by atoms with E-state index in [0.29, 0.717) is 5.56 Å². The quantitative estimate of drug-likeness (QED) is 0.340. The number of hydrogen-bond acceptors (Lipinski definition) is 6. The van der Waals surface area contributed by atoms with Gasteiger partial charge in [0.05, 0.1) is 6.04 Å². The van der Waals surface area contributed by atoms with Gasteiger partial charge >= 0.3 is 17.9 Å². The maximum atomic E-state index is 11.7. The summed E-state index contributed by atoms with van der Waals surface area (Å²) in [5, 5.41) is 17.4. The molecule has 1 aromatic rings. The van der Waals surface area contributed by atoms with Crippen molar-refractivity contribution in [3.63, 3.8) is 0 Å². The highest BCUT2D eigenvalue weighted by molar-refractivity contribution is 6.35. The summed E-state index contributed by atoms with van der Waals surface area (Å²) < 4.78 is 4.75. The molecule has 1 aromatic carbocycles. The average molecular weight is 309 g/mol. The number of carbonyl (C=O) groups excluding carboxylic acids is 2. The lowest BCUT2D eigenvalue weighted by Crippen LogP contribution is -2.41. The molecular formula is C14H15NO7. The first-order chi connectivity index (χ1) is 10.3. The predicted octanol–water partition coefficient (Wildman–Crippen LogP) is -0.198. The molecule has 0 saturated carbocycles. The number of hydrogen-bond donors (Lipinski definition) is 3. The molecule has 0 bridgehead atoms. The number of rotatable bonds is 8. The largest absolute Gasteiger partial charge is 0.481 e. The van der Waals surface area contributed by atoms with Gasteiger partial charge in [-0.15, -0.1) is 0 Å². The van der Waals surface area contributed by atoms with Gasteiger partial charge in [-0.1, -0.05) is 30.3 Å². The first-order valence-corrected chi connectivity index (χ1v) is 6.29. The van der Waals surface area contributed by atoms with E-state index in [1.807, 2.05) is 0 Å². The number of nitrogens with two attached hydrogens (primary N) is 1. The molecule has 0 aliphatic carbocycles. The molecule has 0 amide bonds. The van der Waals surface area contributed by atoms with Crippen molar-refractivity contribution in [1.82, 2.24) is 0 Å². The van der Waals surface area contributed by atoms with Gasteiger partial charge in [0, 0.05) is 0 Å². The van der Waals surface area contributed by atoms with Crippen LogP contribution in [-0.4, -0.2) is 39.9 Å². The van der Waals surface area contributed by atoms with E-state index in [1.54, 1.807) is 30.3 Å². The molecule has 8 nitrogen and oxygen atoms in total. The van der Waals surface area contributed by atoms with E-state index in [-0.39, 0.29) is 6.61 Å². The summed E-state index contributed by atoms with van der Waals surface area (Å²) in [6.07, 6.45) is -0.691. The zero-order chi connectivity index (χ0) is 16.7. The Hall–Kier alpha value is -2.74. The Labute approximate surface area is 125 Å². The Morgan fingerprint density at radius 2 is 1.59 bits per heavy atom. The number of carboxylic acid groups (broad SMARTS) is 2. The molecular weight excluding hydrogens is 294 g/mol. The minimum Gasteiger partial charge on any atom is -0.481 e. The van der Waals surface area contributed by atoms with Crippen LogP contribution in [-0.2, 0) is 30.5 Å². The Balaban J connectivity index is 2.56. The summed E-state index contributed by atoms with van der Waals surface area (Å²) in [5.74, 6) is -7.52. The second-order valence-corrected chi connectivity index (χ2v) is 4.50. The van der Waals surface area contributed by atoms with Crippen molar-refractivity contribution in [2.75, 3.05) is 0 Å². The SMILES string of the molecule is N[C@@H](CC(C(=O)O)C(=O)O)C(=O)C(=O)OCc1ccccc1. The molecule has 0 saturated heterocycles. The van der Waals surface area contributed by atoms with Crippen molar-refractivity contribution >= 4 is 23.7 Å². The van der Waals surface area contributed by atoms with E-state index >= 15 is 0 Å². The second-order valence-electron chi connectivity index (χ2n) is 4.50. The number of carboxylic acids is 2. The van der Waals surface area contributed by atoms with Crippen molar-refractivity contribution in [3.8, 4) is 0 Å². The van der Waals surface area contributed by atoms with Crippen molar-refractivity contribution in [2.45, 2.75) is 19.1 Å². The summed E-state index contributed by atoms with van der Waals surface area (Å²) in [6.45, 7) is -0.139. The molecule has 0 fully saturated rings. The maximum Gasteiger partial charge on any atom is 0.376 e. The van der Waals surface area contributed by atoms with Gasteiger partial charge < -0.3 is 20.7 Å². The van der Waals surface area contributed by atoms with E-state index in [2.05, 4.69) is 0 Å². The van der Waals surface area contributed by atoms with Crippen LogP contribution >= 0.6 is 0 Å². The smallest absolute Gasteiger partial charge is 0.376 e. The van der Waals surface area contributed by atoms with Gasteiger partial charge in [-0.25, -0.2) is 4.79 Å². The fourth-order valence-electron chi connectivity index (χ4n) is 1.61. The Morgan fingerprint density at radius 3 is 2.09 bits per heavy atom. The molecule has 0 unspecified atom stereocenters. The Kier molecular flexibility index (Phi) is 6.21. The molecule has 1 atom stereocenters. The van der Waals surface area contributed by atoms with Crippen molar-refractivity contribution in [2.24, 2.45) is 11.7 Å².